The highest BCUT2D eigenvalue weighted by molar-refractivity contribution is 9.10. The molecule has 0 saturated heterocycles. The average Bonchev–Trinajstić information content (AvgIpc) is 3.00. The van der Waals surface area contributed by atoms with Gasteiger partial charge in [-0.3, -0.25) is 0 Å². The zero-order valence-corrected chi connectivity index (χ0v) is 14.9. The van der Waals surface area contributed by atoms with Gasteiger partial charge >= 0.3 is 0 Å². The molecule has 0 aliphatic heterocycles. The number of benzene rings is 1. The summed E-state index contributed by atoms with van der Waals surface area (Å²) in [7, 11) is 0. The summed E-state index contributed by atoms with van der Waals surface area (Å²) in [5, 5.41) is 0. The van der Waals surface area contributed by atoms with E-state index in [1.807, 2.05) is 6.07 Å². The van der Waals surface area contributed by atoms with Crippen LogP contribution in [0.5, 0.6) is 0 Å². The van der Waals surface area contributed by atoms with Crippen LogP contribution in [-0.4, -0.2) is 9.97 Å². The third kappa shape index (κ3) is 4.18. The second kappa shape index (κ2) is 7.07. The molecule has 1 aliphatic carbocycles. The van der Waals surface area contributed by atoms with Gasteiger partial charge in [0.05, 0.1) is 5.75 Å². The molecule has 1 aliphatic rings. The predicted molar refractivity (Wildman–Crippen MR) is 94.3 cm³/mol. The first kappa shape index (κ1) is 15.3. The molecular formula is C16H17BrN2S2. The highest BCUT2D eigenvalue weighted by atomic mass is 79.9. The second-order valence-electron chi connectivity index (χ2n) is 5.35. The summed E-state index contributed by atoms with van der Waals surface area (Å²) in [5.74, 6) is 2.45. The quantitative estimate of drug-likeness (QED) is 0.532. The van der Waals surface area contributed by atoms with Gasteiger partial charge in [-0.2, -0.15) is 0 Å². The van der Waals surface area contributed by atoms with Crippen LogP contribution in [0.15, 0.2) is 39.7 Å². The first-order valence-electron chi connectivity index (χ1n) is 7.19. The number of aromatic amines is 1. The Balaban J connectivity index is 1.72. The number of rotatable bonds is 4. The van der Waals surface area contributed by atoms with Gasteiger partial charge in [0.2, 0.25) is 0 Å². The molecule has 1 aromatic heterocycles. The molecule has 0 amide bonds. The first-order valence-corrected chi connectivity index (χ1v) is 9.38. The standard InChI is InChI=1S/C16H17BrN2S2/c17-12-5-7-13(8-6-12)21-10-15-18-14(9-16(20)19-15)11-3-1-2-4-11/h5-9,11H,1-4,10H2,(H,18,19,20). The summed E-state index contributed by atoms with van der Waals surface area (Å²) in [4.78, 5) is 9.21. The van der Waals surface area contributed by atoms with Crippen LogP contribution in [0.25, 0.3) is 0 Å². The van der Waals surface area contributed by atoms with Gasteiger partial charge in [0.25, 0.3) is 0 Å². The fourth-order valence-electron chi connectivity index (χ4n) is 2.74. The van der Waals surface area contributed by atoms with Crippen molar-refractivity contribution in [3.05, 3.63) is 51.0 Å². The van der Waals surface area contributed by atoms with E-state index in [2.05, 4.69) is 50.2 Å². The Kier molecular flexibility index (Phi) is 5.14. The Morgan fingerprint density at radius 2 is 1.95 bits per heavy atom. The number of thioether (sulfide) groups is 1. The number of halogens is 1. The maximum atomic E-state index is 5.32. The molecule has 5 heteroatoms. The number of H-pyrrole nitrogens is 1. The third-order valence-corrected chi connectivity index (χ3v) is 5.56. The summed E-state index contributed by atoms with van der Waals surface area (Å²) in [6.45, 7) is 0. The van der Waals surface area contributed by atoms with Crippen LogP contribution in [0.3, 0.4) is 0 Å². The van der Waals surface area contributed by atoms with Crippen LogP contribution >= 0.6 is 39.9 Å². The summed E-state index contributed by atoms with van der Waals surface area (Å²) < 4.78 is 1.81. The molecule has 0 bridgehead atoms. The van der Waals surface area contributed by atoms with Gasteiger partial charge in [-0.15, -0.1) is 11.8 Å². The van der Waals surface area contributed by atoms with Gasteiger partial charge in [0.15, 0.2) is 0 Å². The highest BCUT2D eigenvalue weighted by Gasteiger charge is 2.18. The van der Waals surface area contributed by atoms with E-state index in [4.69, 9.17) is 12.2 Å². The van der Waals surface area contributed by atoms with Crippen molar-refractivity contribution in [3.63, 3.8) is 0 Å². The molecule has 1 heterocycles. The Bertz CT molecular complexity index is 661. The third-order valence-electron chi connectivity index (χ3n) is 3.80. The van der Waals surface area contributed by atoms with E-state index in [9.17, 15) is 0 Å². The number of hydrogen-bond acceptors (Lipinski definition) is 3. The normalized spacial score (nSPS) is 15.5. The van der Waals surface area contributed by atoms with Gasteiger partial charge < -0.3 is 4.98 Å². The van der Waals surface area contributed by atoms with Gasteiger partial charge in [0, 0.05) is 15.1 Å². The summed E-state index contributed by atoms with van der Waals surface area (Å²) in [6, 6.07) is 10.4. The summed E-state index contributed by atoms with van der Waals surface area (Å²) >= 11 is 10.6. The largest absolute Gasteiger partial charge is 0.346 e. The molecule has 0 unspecified atom stereocenters. The zero-order chi connectivity index (χ0) is 14.7. The number of aromatic nitrogens is 2. The molecule has 1 N–H and O–H groups in total. The fourth-order valence-corrected chi connectivity index (χ4v) is 4.01. The second-order valence-corrected chi connectivity index (χ2v) is 7.73. The molecule has 0 spiro atoms. The van der Waals surface area contributed by atoms with Crippen LogP contribution in [0.4, 0.5) is 0 Å². The summed E-state index contributed by atoms with van der Waals surface area (Å²) in [6.07, 6.45) is 5.20. The predicted octanol–water partition coefficient (Wildman–Crippen LogP) is 5.85. The van der Waals surface area contributed by atoms with Gasteiger partial charge in [0.1, 0.15) is 10.5 Å². The van der Waals surface area contributed by atoms with E-state index in [-0.39, 0.29) is 0 Å². The molecule has 2 aromatic rings. The Hall–Kier alpha value is -0.650. The topological polar surface area (TPSA) is 28.7 Å². The lowest BCUT2D eigenvalue weighted by molar-refractivity contribution is 0.687. The minimum atomic E-state index is 0.645. The van der Waals surface area contributed by atoms with Gasteiger partial charge in [-0.25, -0.2) is 4.98 Å². The minimum absolute atomic E-state index is 0.645. The number of nitrogens with one attached hydrogen (secondary N) is 1. The maximum Gasteiger partial charge on any atom is 0.130 e. The molecule has 2 nitrogen and oxygen atoms in total. The molecule has 1 fully saturated rings. The van der Waals surface area contributed by atoms with Crippen molar-refractivity contribution in [1.29, 1.82) is 0 Å². The molecule has 0 radical (unpaired) electrons. The lowest BCUT2D eigenvalue weighted by Crippen LogP contribution is -2.02. The monoisotopic (exact) mass is 380 g/mol. The smallest absolute Gasteiger partial charge is 0.130 e. The van der Waals surface area contributed by atoms with Gasteiger partial charge in [-0.1, -0.05) is 41.0 Å². The number of hydrogen-bond donors (Lipinski definition) is 1. The van der Waals surface area contributed by atoms with E-state index in [1.54, 1.807) is 11.8 Å². The van der Waals surface area contributed by atoms with E-state index < -0.39 is 0 Å². The summed E-state index contributed by atoms with van der Waals surface area (Å²) in [5.41, 5.74) is 1.28. The Morgan fingerprint density at radius 1 is 1.24 bits per heavy atom. The van der Waals surface area contributed by atoms with Crippen molar-refractivity contribution >= 4 is 39.9 Å². The minimum Gasteiger partial charge on any atom is -0.346 e. The van der Waals surface area contributed by atoms with Gasteiger partial charge in [-0.05, 0) is 49.1 Å². The molecule has 21 heavy (non-hydrogen) atoms. The zero-order valence-electron chi connectivity index (χ0n) is 11.6. The molecule has 1 saturated carbocycles. The van der Waals surface area contributed by atoms with Crippen LogP contribution < -0.4 is 0 Å². The molecule has 0 atom stereocenters. The lowest BCUT2D eigenvalue weighted by atomic mass is 10.0. The van der Waals surface area contributed by atoms with E-state index in [0.29, 0.717) is 10.6 Å². The van der Waals surface area contributed by atoms with Crippen LogP contribution in [0.1, 0.15) is 43.1 Å². The molecule has 110 valence electrons. The van der Waals surface area contributed by atoms with Crippen molar-refractivity contribution in [3.8, 4) is 0 Å². The van der Waals surface area contributed by atoms with Crippen molar-refractivity contribution < 1.29 is 0 Å². The van der Waals surface area contributed by atoms with Crippen LogP contribution in [0.2, 0.25) is 0 Å². The first-order chi connectivity index (χ1) is 10.2. The number of nitrogens with zero attached hydrogens (tertiary/aromatic N) is 1. The maximum absolute atomic E-state index is 5.32. The molecule has 1 aromatic carbocycles. The van der Waals surface area contributed by atoms with Crippen molar-refractivity contribution in [2.45, 2.75) is 42.2 Å². The van der Waals surface area contributed by atoms with Crippen molar-refractivity contribution in [2.75, 3.05) is 0 Å². The molecular weight excluding hydrogens is 364 g/mol. The van der Waals surface area contributed by atoms with E-state index >= 15 is 0 Å². The van der Waals surface area contributed by atoms with E-state index in [1.165, 1.54) is 36.3 Å². The average molecular weight is 381 g/mol. The van der Waals surface area contributed by atoms with Crippen molar-refractivity contribution in [1.82, 2.24) is 9.97 Å². The van der Waals surface area contributed by atoms with Crippen LogP contribution in [-0.2, 0) is 5.75 Å². The SMILES string of the molecule is S=c1cc(C2CCCC2)[nH]c(CSc2ccc(Br)cc2)n1. The Morgan fingerprint density at radius 3 is 2.67 bits per heavy atom. The Labute approximate surface area is 142 Å². The van der Waals surface area contributed by atoms with Crippen LogP contribution in [0, 0.1) is 4.64 Å². The lowest BCUT2D eigenvalue weighted by Gasteiger charge is -2.11. The molecule has 3 rings (SSSR count). The van der Waals surface area contributed by atoms with Crippen molar-refractivity contribution in [2.24, 2.45) is 0 Å². The van der Waals surface area contributed by atoms with E-state index in [0.717, 1.165) is 16.0 Å². The highest BCUT2D eigenvalue weighted by Crippen LogP contribution is 2.33. The fraction of sp³-hybridized carbons (Fsp3) is 0.375.